The minimum Gasteiger partial charge on any atom is -0.497 e. The first-order valence-electron chi connectivity index (χ1n) is 15.8. The van der Waals surface area contributed by atoms with E-state index in [2.05, 4.69) is 0 Å². The largest absolute Gasteiger partial charge is 0.497 e. The fraction of sp³-hybridized carbons (Fsp3) is 0.429. The minimum absolute atomic E-state index is 0.113. The predicted octanol–water partition coefficient (Wildman–Crippen LogP) is 5.53. The van der Waals surface area contributed by atoms with Gasteiger partial charge in [0.05, 0.1) is 38.0 Å². The van der Waals surface area contributed by atoms with E-state index in [-0.39, 0.29) is 33.3 Å². The Labute approximate surface area is 291 Å². The van der Waals surface area contributed by atoms with Crippen LogP contribution in [-0.4, -0.2) is 84.5 Å². The predicted molar refractivity (Wildman–Crippen MR) is 181 cm³/mol. The molecule has 2 saturated heterocycles. The van der Waals surface area contributed by atoms with Gasteiger partial charge in [0.2, 0.25) is 0 Å². The smallest absolute Gasteiger partial charge is 0.410 e. The van der Waals surface area contributed by atoms with Gasteiger partial charge >= 0.3 is 6.09 Å². The third-order valence-corrected chi connectivity index (χ3v) is 11.0. The number of halogens is 1. The monoisotopic (exact) mass is 713 g/mol. The van der Waals surface area contributed by atoms with Crippen molar-refractivity contribution < 1.29 is 41.7 Å². The molecule has 0 N–H and O–H groups in total. The quantitative estimate of drug-likeness (QED) is 0.295. The van der Waals surface area contributed by atoms with Gasteiger partial charge in [-0.1, -0.05) is 37.6 Å². The lowest BCUT2D eigenvalue weighted by Gasteiger charge is -2.42. The summed E-state index contributed by atoms with van der Waals surface area (Å²) in [4.78, 5) is 31.3. The number of likely N-dealkylation sites (tertiary alicyclic amines) is 1. The lowest BCUT2D eigenvalue weighted by Crippen LogP contribution is -2.57. The Morgan fingerprint density at radius 3 is 2.29 bits per heavy atom. The van der Waals surface area contributed by atoms with Crippen molar-refractivity contribution in [3.63, 3.8) is 0 Å². The van der Waals surface area contributed by atoms with Crippen molar-refractivity contribution in [2.24, 2.45) is 5.41 Å². The average molecular weight is 714 g/mol. The number of rotatable bonds is 8. The maximum Gasteiger partial charge on any atom is 0.410 e. The zero-order valence-corrected chi connectivity index (χ0v) is 29.8. The molecular weight excluding hydrogens is 674 g/mol. The number of hydrogen-bond donors (Lipinski definition) is 0. The molecule has 49 heavy (non-hydrogen) atoms. The summed E-state index contributed by atoms with van der Waals surface area (Å²) in [6.45, 7) is 5.33. The minimum atomic E-state index is -4.50. The maximum atomic E-state index is 15.4. The average Bonchev–Trinajstić information content (AvgIpc) is 3.64. The molecule has 0 bridgehead atoms. The molecule has 0 aliphatic carbocycles. The van der Waals surface area contributed by atoms with Gasteiger partial charge in [0.25, 0.3) is 15.9 Å². The SMILES string of the molecule is COc1ccc(S(=O)(=O)N2C(=O)C(c3ccc(C4OCC(C)(C)CO4)cc3OC)(N3CCC[C@@H]3OC(=O)N(C)C)c3cc(Cl)ccc32)cc1. The normalized spacial score (nSPS) is 22.6. The van der Waals surface area contributed by atoms with Gasteiger partial charge < -0.3 is 28.6 Å². The first-order chi connectivity index (χ1) is 23.2. The second kappa shape index (κ2) is 13.1. The molecule has 3 heterocycles. The molecule has 14 heteroatoms. The van der Waals surface area contributed by atoms with E-state index in [1.807, 2.05) is 13.8 Å². The fourth-order valence-corrected chi connectivity index (χ4v) is 8.26. The highest BCUT2D eigenvalue weighted by atomic mass is 35.5. The van der Waals surface area contributed by atoms with Crippen LogP contribution in [0, 0.1) is 5.41 Å². The second-order valence-electron chi connectivity index (χ2n) is 13.3. The fourth-order valence-electron chi connectivity index (χ4n) is 6.63. The molecule has 12 nitrogen and oxygen atoms in total. The number of ether oxygens (including phenoxy) is 5. The Morgan fingerprint density at radius 2 is 1.65 bits per heavy atom. The van der Waals surface area contributed by atoms with E-state index in [0.717, 1.165) is 4.31 Å². The topological polar surface area (TPSA) is 124 Å². The summed E-state index contributed by atoms with van der Waals surface area (Å²) in [5, 5.41) is 0.280. The molecule has 262 valence electrons. The molecule has 2 fully saturated rings. The molecule has 0 spiro atoms. The summed E-state index contributed by atoms with van der Waals surface area (Å²) in [5.41, 5.74) is -0.605. The number of amides is 2. The summed E-state index contributed by atoms with van der Waals surface area (Å²) >= 11 is 6.62. The molecule has 3 aliphatic rings. The highest BCUT2D eigenvalue weighted by Gasteiger charge is 2.63. The van der Waals surface area contributed by atoms with Gasteiger partial charge in [-0.2, -0.15) is 0 Å². The Kier molecular flexibility index (Phi) is 9.35. The summed E-state index contributed by atoms with van der Waals surface area (Å²) in [7, 11) is 1.58. The van der Waals surface area contributed by atoms with Gasteiger partial charge in [-0.25, -0.2) is 22.4 Å². The van der Waals surface area contributed by atoms with Gasteiger partial charge in [0.15, 0.2) is 18.1 Å². The number of carbonyl (C=O) groups is 2. The van der Waals surface area contributed by atoms with Crippen molar-refractivity contribution in [1.29, 1.82) is 0 Å². The molecule has 6 rings (SSSR count). The number of methoxy groups -OCH3 is 2. The molecule has 0 radical (unpaired) electrons. The molecule has 3 aliphatic heterocycles. The first-order valence-corrected chi connectivity index (χ1v) is 17.7. The van der Waals surface area contributed by atoms with E-state index in [9.17, 15) is 13.2 Å². The third-order valence-electron chi connectivity index (χ3n) is 9.03. The van der Waals surface area contributed by atoms with Crippen LogP contribution in [0.25, 0.3) is 0 Å². The summed E-state index contributed by atoms with van der Waals surface area (Å²) in [5.74, 6) is -0.0661. The second-order valence-corrected chi connectivity index (χ2v) is 15.5. The molecule has 3 aromatic carbocycles. The summed E-state index contributed by atoms with van der Waals surface area (Å²) in [6.07, 6.45) is -1.23. The molecule has 1 unspecified atom stereocenters. The van der Waals surface area contributed by atoms with E-state index in [0.29, 0.717) is 48.5 Å². The van der Waals surface area contributed by atoms with Gasteiger partial charge in [-0.3, -0.25) is 4.79 Å². The van der Waals surface area contributed by atoms with Gasteiger partial charge in [-0.05, 0) is 61.4 Å². The highest BCUT2D eigenvalue weighted by molar-refractivity contribution is 7.93. The standard InChI is InChI=1S/C35H40ClN3O9S/c1-34(2)20-46-31(47-21-34)22-9-15-26(29(18-22)45-6)35(38-17-7-8-30(38)48-33(41)37(3)4)27-19-23(36)10-16-28(27)39(32(35)40)49(42,43)25-13-11-24(44-5)12-14-25/h9-16,18-19,30-31H,7-8,17,20-21H2,1-6H3/t30-,35?/m0/s1. The van der Waals surface area contributed by atoms with Crippen molar-refractivity contribution in [3.8, 4) is 11.5 Å². The van der Waals surface area contributed by atoms with Crippen LogP contribution in [-0.2, 0) is 34.6 Å². The molecule has 3 aromatic rings. The van der Waals surface area contributed by atoms with Gasteiger partial charge in [0, 0.05) is 47.8 Å². The first kappa shape index (κ1) is 35.0. The van der Waals surface area contributed by atoms with Crippen LogP contribution < -0.4 is 13.8 Å². The Bertz CT molecular complexity index is 1860. The van der Waals surface area contributed by atoms with Crippen molar-refractivity contribution >= 4 is 39.3 Å². The Balaban J connectivity index is 1.58. The van der Waals surface area contributed by atoms with Crippen LogP contribution in [0.5, 0.6) is 11.5 Å². The van der Waals surface area contributed by atoms with Crippen molar-refractivity contribution in [1.82, 2.24) is 9.80 Å². The van der Waals surface area contributed by atoms with E-state index in [1.165, 1.54) is 55.5 Å². The van der Waals surface area contributed by atoms with Crippen molar-refractivity contribution in [2.45, 2.75) is 49.6 Å². The van der Waals surface area contributed by atoms with E-state index in [1.54, 1.807) is 43.3 Å². The number of fused-ring (bicyclic) bond motifs is 1. The van der Waals surface area contributed by atoms with Crippen LogP contribution in [0.1, 0.15) is 49.7 Å². The molecular formula is C35H40ClN3O9S. The number of hydrogen-bond acceptors (Lipinski definition) is 10. The zero-order chi connectivity index (χ0) is 35.3. The van der Waals surface area contributed by atoms with E-state index in [4.69, 9.17) is 35.3 Å². The summed E-state index contributed by atoms with van der Waals surface area (Å²) < 4.78 is 59.0. The molecule has 0 aromatic heterocycles. The van der Waals surface area contributed by atoms with Gasteiger partial charge in [0.1, 0.15) is 11.5 Å². The number of nitrogens with zero attached hydrogens (tertiary/aromatic N) is 3. The van der Waals surface area contributed by atoms with E-state index >= 15 is 4.79 Å². The van der Waals surface area contributed by atoms with Crippen LogP contribution in [0.15, 0.2) is 65.6 Å². The van der Waals surface area contributed by atoms with Crippen LogP contribution in [0.4, 0.5) is 10.5 Å². The van der Waals surface area contributed by atoms with Crippen LogP contribution in [0.3, 0.4) is 0 Å². The van der Waals surface area contributed by atoms with Crippen LogP contribution in [0.2, 0.25) is 5.02 Å². The Morgan fingerprint density at radius 1 is 0.959 bits per heavy atom. The lowest BCUT2D eigenvalue weighted by atomic mass is 9.81. The van der Waals surface area contributed by atoms with Crippen molar-refractivity contribution in [3.05, 3.63) is 82.4 Å². The molecule has 2 amide bonds. The number of sulfonamides is 1. The maximum absolute atomic E-state index is 15.4. The van der Waals surface area contributed by atoms with Crippen molar-refractivity contribution in [2.75, 3.05) is 52.4 Å². The van der Waals surface area contributed by atoms with Crippen LogP contribution >= 0.6 is 11.6 Å². The number of benzene rings is 3. The molecule has 0 saturated carbocycles. The number of carbonyl (C=O) groups excluding carboxylic acids is 2. The lowest BCUT2D eigenvalue weighted by molar-refractivity contribution is -0.226. The zero-order valence-electron chi connectivity index (χ0n) is 28.3. The third kappa shape index (κ3) is 6.01. The number of anilines is 1. The summed E-state index contributed by atoms with van der Waals surface area (Å²) in [6, 6.07) is 15.7. The van der Waals surface area contributed by atoms with E-state index < -0.39 is 40.1 Å². The molecule has 2 atom stereocenters. The highest BCUT2D eigenvalue weighted by Crippen LogP contribution is 2.55. The Hall–Kier alpha value is -3.88. The van der Waals surface area contributed by atoms with Gasteiger partial charge in [-0.15, -0.1) is 0 Å².